The number of hydrogen-bond donors (Lipinski definition) is 0. The predicted octanol–water partition coefficient (Wildman–Crippen LogP) is 5.41. The number of allylic oxidation sites excluding steroid dienone is 1. The zero-order valence-electron chi connectivity index (χ0n) is 12.0. The summed E-state index contributed by atoms with van der Waals surface area (Å²) < 4.78 is 12.4. The van der Waals surface area contributed by atoms with Crippen LogP contribution in [0.25, 0.3) is 0 Å². The monoisotopic (exact) mass is 366 g/mol. The second-order valence-electron chi connectivity index (χ2n) is 5.88. The van der Waals surface area contributed by atoms with Crippen molar-refractivity contribution in [2.24, 2.45) is 5.41 Å². The maximum absolute atomic E-state index is 5.79. The van der Waals surface area contributed by atoms with Gasteiger partial charge in [-0.1, -0.05) is 27.2 Å². The Morgan fingerprint density at radius 3 is 2.78 bits per heavy atom. The maximum atomic E-state index is 5.79. The van der Waals surface area contributed by atoms with Crippen LogP contribution in [0.5, 0.6) is 0 Å². The van der Waals surface area contributed by atoms with E-state index in [9.17, 15) is 0 Å². The Balaban J connectivity index is 2.24. The third-order valence-corrected chi connectivity index (χ3v) is 4.13. The molecule has 0 N–H and O–H groups in total. The van der Waals surface area contributed by atoms with E-state index in [2.05, 4.69) is 49.4 Å². The van der Waals surface area contributed by atoms with Crippen LogP contribution in [-0.2, 0) is 9.47 Å². The van der Waals surface area contributed by atoms with Crippen molar-refractivity contribution in [3.05, 3.63) is 9.84 Å². The summed E-state index contributed by atoms with van der Waals surface area (Å²) in [6.45, 7) is 7.80. The Labute approximate surface area is 126 Å². The van der Waals surface area contributed by atoms with E-state index in [0.717, 1.165) is 23.2 Å². The Hall–Kier alpha value is 0.230. The first-order valence-corrected chi connectivity index (χ1v) is 8.25. The highest BCUT2D eigenvalue weighted by Crippen LogP contribution is 2.29. The SMILES string of the molecule is CCCC(C)(C)CC/C=C(/I)OC1CCCCO1. The summed E-state index contributed by atoms with van der Waals surface area (Å²) in [5, 5.41) is 0. The third kappa shape index (κ3) is 6.98. The lowest BCUT2D eigenvalue weighted by atomic mass is 9.83. The molecule has 0 amide bonds. The standard InChI is InChI=1S/C15H27IO2/c1-4-10-15(2,3)11-7-8-13(16)18-14-9-5-6-12-17-14/h8,14H,4-7,9-12H2,1-3H3/b13-8-. The van der Waals surface area contributed by atoms with Crippen LogP contribution >= 0.6 is 22.6 Å². The summed E-state index contributed by atoms with van der Waals surface area (Å²) in [6.07, 6.45) is 10.5. The van der Waals surface area contributed by atoms with Crippen molar-refractivity contribution in [2.45, 2.75) is 72.0 Å². The number of ether oxygens (including phenoxy) is 2. The molecule has 1 fully saturated rings. The molecule has 0 radical (unpaired) electrons. The Kier molecular flexibility index (Phi) is 7.61. The zero-order valence-corrected chi connectivity index (χ0v) is 14.2. The Morgan fingerprint density at radius 2 is 2.17 bits per heavy atom. The molecule has 18 heavy (non-hydrogen) atoms. The molecule has 1 unspecified atom stereocenters. The second-order valence-corrected chi connectivity index (χ2v) is 6.94. The number of hydrogen-bond acceptors (Lipinski definition) is 2. The minimum Gasteiger partial charge on any atom is -0.459 e. The van der Waals surface area contributed by atoms with Gasteiger partial charge < -0.3 is 9.47 Å². The smallest absolute Gasteiger partial charge is 0.200 e. The van der Waals surface area contributed by atoms with Crippen molar-refractivity contribution in [1.82, 2.24) is 0 Å². The molecule has 2 nitrogen and oxygen atoms in total. The van der Waals surface area contributed by atoms with Crippen LogP contribution in [0.15, 0.2) is 9.84 Å². The van der Waals surface area contributed by atoms with Gasteiger partial charge in [0.2, 0.25) is 0 Å². The van der Waals surface area contributed by atoms with Gasteiger partial charge in [0.05, 0.1) is 6.61 Å². The van der Waals surface area contributed by atoms with Gasteiger partial charge in [-0.3, -0.25) is 0 Å². The molecule has 0 aromatic heterocycles. The molecule has 1 rings (SSSR count). The highest BCUT2D eigenvalue weighted by atomic mass is 127. The van der Waals surface area contributed by atoms with Crippen LogP contribution in [-0.4, -0.2) is 12.9 Å². The first-order valence-electron chi connectivity index (χ1n) is 7.17. The highest BCUT2D eigenvalue weighted by molar-refractivity contribution is 14.1. The van der Waals surface area contributed by atoms with Crippen LogP contribution < -0.4 is 0 Å². The summed E-state index contributed by atoms with van der Waals surface area (Å²) >= 11 is 2.28. The zero-order chi connectivity index (χ0) is 13.4. The summed E-state index contributed by atoms with van der Waals surface area (Å²) in [6, 6.07) is 0. The van der Waals surface area contributed by atoms with E-state index in [0.29, 0.717) is 5.41 Å². The van der Waals surface area contributed by atoms with E-state index in [4.69, 9.17) is 9.47 Å². The molecule has 0 bridgehead atoms. The first kappa shape index (κ1) is 16.3. The average Bonchev–Trinajstić information content (AvgIpc) is 2.29. The normalized spacial score (nSPS) is 22.0. The molecule has 0 aromatic rings. The van der Waals surface area contributed by atoms with Gasteiger partial charge in [-0.25, -0.2) is 0 Å². The lowest BCUT2D eigenvalue weighted by Crippen LogP contribution is -2.21. The van der Waals surface area contributed by atoms with Gasteiger partial charge in [0.25, 0.3) is 0 Å². The quantitative estimate of drug-likeness (QED) is 0.443. The van der Waals surface area contributed by atoms with E-state index in [-0.39, 0.29) is 6.29 Å². The van der Waals surface area contributed by atoms with E-state index < -0.39 is 0 Å². The maximum Gasteiger partial charge on any atom is 0.200 e. The van der Waals surface area contributed by atoms with Crippen molar-refractivity contribution in [1.29, 1.82) is 0 Å². The van der Waals surface area contributed by atoms with E-state index in [1.54, 1.807) is 0 Å². The average molecular weight is 366 g/mol. The lowest BCUT2D eigenvalue weighted by Gasteiger charge is -2.24. The van der Waals surface area contributed by atoms with Gasteiger partial charge in [-0.15, -0.1) is 0 Å². The van der Waals surface area contributed by atoms with Crippen molar-refractivity contribution in [3.63, 3.8) is 0 Å². The summed E-state index contributed by atoms with van der Waals surface area (Å²) in [4.78, 5) is 0. The molecule has 1 heterocycles. The predicted molar refractivity (Wildman–Crippen MR) is 84.7 cm³/mol. The summed E-state index contributed by atoms with van der Waals surface area (Å²) in [5.74, 6) is 0. The fourth-order valence-corrected chi connectivity index (χ4v) is 2.95. The Bertz CT molecular complexity index is 255. The van der Waals surface area contributed by atoms with Gasteiger partial charge in [0, 0.05) is 6.42 Å². The molecular weight excluding hydrogens is 339 g/mol. The molecule has 1 aliphatic heterocycles. The van der Waals surface area contributed by atoms with Gasteiger partial charge >= 0.3 is 0 Å². The van der Waals surface area contributed by atoms with Gasteiger partial charge in [-0.05, 0) is 66.2 Å². The highest BCUT2D eigenvalue weighted by Gasteiger charge is 2.17. The number of rotatable bonds is 7. The number of halogens is 1. The molecule has 3 heteroatoms. The molecule has 0 aliphatic carbocycles. The summed E-state index contributed by atoms with van der Waals surface area (Å²) in [5.41, 5.74) is 0.448. The minimum atomic E-state index is -0.00875. The van der Waals surface area contributed by atoms with Gasteiger partial charge in [0.15, 0.2) is 10.1 Å². The molecule has 1 aliphatic rings. The topological polar surface area (TPSA) is 18.5 Å². The minimum absolute atomic E-state index is 0.00875. The first-order chi connectivity index (χ1) is 8.53. The largest absolute Gasteiger partial charge is 0.459 e. The molecule has 106 valence electrons. The molecule has 1 saturated heterocycles. The molecule has 0 spiro atoms. The fourth-order valence-electron chi connectivity index (χ4n) is 2.36. The van der Waals surface area contributed by atoms with Crippen molar-refractivity contribution in [2.75, 3.05) is 6.61 Å². The van der Waals surface area contributed by atoms with Crippen LogP contribution in [0.4, 0.5) is 0 Å². The summed E-state index contributed by atoms with van der Waals surface area (Å²) in [7, 11) is 0. The van der Waals surface area contributed by atoms with Crippen LogP contribution in [0.3, 0.4) is 0 Å². The van der Waals surface area contributed by atoms with Gasteiger partial charge in [0.1, 0.15) is 0 Å². The van der Waals surface area contributed by atoms with E-state index >= 15 is 0 Å². The Morgan fingerprint density at radius 1 is 1.39 bits per heavy atom. The molecule has 0 saturated carbocycles. The third-order valence-electron chi connectivity index (χ3n) is 3.43. The van der Waals surface area contributed by atoms with Crippen LogP contribution in [0.1, 0.15) is 65.7 Å². The van der Waals surface area contributed by atoms with E-state index in [1.165, 1.54) is 32.1 Å². The van der Waals surface area contributed by atoms with Gasteiger partial charge in [-0.2, -0.15) is 0 Å². The molecule has 1 atom stereocenters. The van der Waals surface area contributed by atoms with Crippen molar-refractivity contribution in [3.8, 4) is 0 Å². The lowest BCUT2D eigenvalue weighted by molar-refractivity contribution is -0.131. The molecule has 0 aromatic carbocycles. The molecular formula is C15H27IO2. The van der Waals surface area contributed by atoms with E-state index in [1.807, 2.05) is 0 Å². The van der Waals surface area contributed by atoms with Crippen molar-refractivity contribution < 1.29 is 9.47 Å². The fraction of sp³-hybridized carbons (Fsp3) is 0.867. The van der Waals surface area contributed by atoms with Crippen LogP contribution in [0.2, 0.25) is 0 Å². The van der Waals surface area contributed by atoms with Crippen LogP contribution in [0, 0.1) is 5.41 Å². The van der Waals surface area contributed by atoms with Crippen molar-refractivity contribution >= 4 is 22.6 Å². The second kappa shape index (κ2) is 8.41.